The van der Waals surface area contributed by atoms with Crippen LogP contribution in [0.25, 0.3) is 5.65 Å². The monoisotopic (exact) mass is 471 g/mol. The Balaban J connectivity index is 1.78. The third kappa shape index (κ3) is 4.52. The molecule has 1 saturated heterocycles. The van der Waals surface area contributed by atoms with Crippen LogP contribution in [0.1, 0.15) is 58.7 Å². The van der Waals surface area contributed by atoms with Crippen LogP contribution in [-0.4, -0.2) is 46.6 Å². The molecule has 1 aromatic carbocycles. The Labute approximate surface area is 192 Å². The van der Waals surface area contributed by atoms with Crippen molar-refractivity contribution >= 4 is 27.3 Å². The summed E-state index contributed by atoms with van der Waals surface area (Å²) in [6.45, 7) is 8.09. The van der Waals surface area contributed by atoms with Crippen LogP contribution in [0, 0.1) is 26.7 Å². The van der Waals surface area contributed by atoms with Crippen molar-refractivity contribution in [2.45, 2.75) is 46.6 Å². The summed E-state index contributed by atoms with van der Waals surface area (Å²) >= 11 is 0. The molecule has 9 nitrogen and oxygen atoms in total. The van der Waals surface area contributed by atoms with Crippen LogP contribution < -0.4 is 10.3 Å². The van der Waals surface area contributed by atoms with Crippen molar-refractivity contribution < 1.29 is 13.2 Å². The van der Waals surface area contributed by atoms with Crippen LogP contribution in [-0.2, 0) is 10.0 Å². The highest BCUT2D eigenvalue weighted by atomic mass is 32.2. The summed E-state index contributed by atoms with van der Waals surface area (Å²) in [5, 5.41) is 4.57. The molecule has 4 rings (SSSR count). The molecule has 0 bridgehead atoms. The number of hydrogen-bond donors (Lipinski definition) is 2. The first-order valence-corrected chi connectivity index (χ1v) is 12.8. The summed E-state index contributed by atoms with van der Waals surface area (Å²) in [5.74, 6) is 0.103. The molecular formula is C23H29N5O4S. The Morgan fingerprint density at radius 2 is 1.94 bits per heavy atom. The highest BCUT2D eigenvalue weighted by Crippen LogP contribution is 2.36. The Kier molecular flexibility index (Phi) is 5.81. The Bertz CT molecular complexity index is 1410. The number of benzene rings is 1. The third-order valence-corrected chi connectivity index (χ3v) is 6.88. The normalized spacial score (nSPS) is 19.1. The number of fused-ring (bicyclic) bond motifs is 1. The molecule has 2 aromatic heterocycles. The van der Waals surface area contributed by atoms with E-state index in [4.69, 9.17) is 0 Å². The van der Waals surface area contributed by atoms with Crippen LogP contribution in [0.15, 0.2) is 29.1 Å². The third-order valence-electron chi connectivity index (χ3n) is 6.29. The van der Waals surface area contributed by atoms with Gasteiger partial charge in [0, 0.05) is 23.9 Å². The molecule has 2 N–H and O–H groups in total. The summed E-state index contributed by atoms with van der Waals surface area (Å²) in [5.41, 5.74) is 3.81. The molecule has 2 atom stereocenters. The smallest absolute Gasteiger partial charge is 0.277 e. The molecule has 1 fully saturated rings. The van der Waals surface area contributed by atoms with Crippen LogP contribution in [0.4, 0.5) is 5.69 Å². The zero-order chi connectivity index (χ0) is 24.1. The van der Waals surface area contributed by atoms with Gasteiger partial charge in [-0.25, -0.2) is 8.42 Å². The molecule has 0 spiro atoms. The van der Waals surface area contributed by atoms with Crippen molar-refractivity contribution in [2.24, 2.45) is 5.92 Å². The van der Waals surface area contributed by atoms with Crippen molar-refractivity contribution in [3.8, 4) is 0 Å². The number of aromatic nitrogens is 3. The first-order chi connectivity index (χ1) is 15.4. The lowest BCUT2D eigenvalue weighted by Gasteiger charge is -2.38. The second-order valence-electron chi connectivity index (χ2n) is 9.11. The van der Waals surface area contributed by atoms with E-state index in [0.717, 1.165) is 23.9 Å². The number of amides is 1. The maximum Gasteiger partial charge on any atom is 0.277 e. The molecule has 0 saturated carbocycles. The van der Waals surface area contributed by atoms with E-state index in [1.165, 1.54) is 4.52 Å². The molecule has 0 radical (unpaired) electrons. The molecule has 0 aliphatic carbocycles. The SMILES string of the molecule is Cc1ccc(NS(C)(=O)=O)c(C(=O)N2CC[C@@H](C)C[C@H]2c2cc3[nH]c(C)c(C)c(=O)n3n2)c1. The van der Waals surface area contributed by atoms with E-state index >= 15 is 0 Å². The fourth-order valence-electron chi connectivity index (χ4n) is 4.35. The van der Waals surface area contributed by atoms with E-state index < -0.39 is 10.0 Å². The molecule has 0 unspecified atom stereocenters. The van der Waals surface area contributed by atoms with Gasteiger partial charge in [0.05, 0.1) is 29.2 Å². The van der Waals surface area contributed by atoms with Crippen molar-refractivity contribution in [3.05, 3.63) is 62.7 Å². The lowest BCUT2D eigenvalue weighted by atomic mass is 9.90. The summed E-state index contributed by atoms with van der Waals surface area (Å²) in [6, 6.07) is 6.56. The first kappa shape index (κ1) is 23.0. The van der Waals surface area contributed by atoms with Crippen LogP contribution in [0.3, 0.4) is 0 Å². The lowest BCUT2D eigenvalue weighted by molar-refractivity contribution is 0.0552. The number of aromatic amines is 1. The fourth-order valence-corrected chi connectivity index (χ4v) is 4.93. The van der Waals surface area contributed by atoms with Gasteiger partial charge in [0.2, 0.25) is 10.0 Å². The second kappa shape index (κ2) is 8.33. The number of anilines is 1. The predicted molar refractivity (Wildman–Crippen MR) is 127 cm³/mol. The van der Waals surface area contributed by atoms with Crippen LogP contribution >= 0.6 is 0 Å². The van der Waals surface area contributed by atoms with Crippen molar-refractivity contribution in [1.29, 1.82) is 0 Å². The number of nitrogens with zero attached hydrogens (tertiary/aromatic N) is 3. The summed E-state index contributed by atoms with van der Waals surface area (Å²) in [7, 11) is -3.56. The summed E-state index contributed by atoms with van der Waals surface area (Å²) in [6.07, 6.45) is 2.58. The van der Waals surface area contributed by atoms with Gasteiger partial charge in [-0.15, -0.1) is 0 Å². The van der Waals surface area contributed by atoms with Crippen molar-refractivity contribution in [3.63, 3.8) is 0 Å². The lowest BCUT2D eigenvalue weighted by Crippen LogP contribution is -2.41. The molecule has 3 aromatic rings. The summed E-state index contributed by atoms with van der Waals surface area (Å²) in [4.78, 5) is 31.4. The quantitative estimate of drug-likeness (QED) is 0.607. The minimum atomic E-state index is -3.56. The number of carbonyl (C=O) groups is 1. The average molecular weight is 472 g/mol. The average Bonchev–Trinajstić information content (AvgIpc) is 3.16. The number of H-pyrrole nitrogens is 1. The Morgan fingerprint density at radius 3 is 2.64 bits per heavy atom. The topological polar surface area (TPSA) is 117 Å². The molecule has 1 aliphatic heterocycles. The van der Waals surface area contributed by atoms with Gasteiger partial charge in [0.15, 0.2) is 0 Å². The highest BCUT2D eigenvalue weighted by Gasteiger charge is 2.34. The largest absolute Gasteiger partial charge is 0.343 e. The number of carbonyl (C=O) groups excluding carboxylic acids is 1. The molecular weight excluding hydrogens is 442 g/mol. The molecule has 1 amide bonds. The number of likely N-dealkylation sites (tertiary alicyclic amines) is 1. The zero-order valence-corrected chi connectivity index (χ0v) is 20.3. The predicted octanol–water partition coefficient (Wildman–Crippen LogP) is 2.93. The van der Waals surface area contributed by atoms with Gasteiger partial charge in [-0.05, 0) is 51.7 Å². The highest BCUT2D eigenvalue weighted by molar-refractivity contribution is 7.92. The summed E-state index contributed by atoms with van der Waals surface area (Å²) < 4.78 is 27.6. The van der Waals surface area contributed by atoms with E-state index in [1.54, 1.807) is 30.0 Å². The maximum absolute atomic E-state index is 13.7. The number of hydrogen-bond acceptors (Lipinski definition) is 5. The first-order valence-electron chi connectivity index (χ1n) is 10.9. The van der Waals surface area contributed by atoms with E-state index in [1.807, 2.05) is 19.9 Å². The van der Waals surface area contributed by atoms with Crippen LogP contribution in [0.2, 0.25) is 0 Å². The Hall–Kier alpha value is -3.14. The number of rotatable bonds is 4. The Morgan fingerprint density at radius 1 is 1.21 bits per heavy atom. The van der Waals surface area contributed by atoms with Gasteiger partial charge in [-0.2, -0.15) is 9.61 Å². The molecule has 1 aliphatic rings. The minimum Gasteiger partial charge on any atom is -0.343 e. The maximum atomic E-state index is 13.7. The van der Waals surface area contributed by atoms with Crippen molar-refractivity contribution in [1.82, 2.24) is 19.5 Å². The van der Waals surface area contributed by atoms with Gasteiger partial charge in [-0.3, -0.25) is 14.3 Å². The molecule has 3 heterocycles. The zero-order valence-electron chi connectivity index (χ0n) is 19.5. The van der Waals surface area contributed by atoms with Gasteiger partial charge in [-0.1, -0.05) is 18.6 Å². The molecule has 176 valence electrons. The van der Waals surface area contributed by atoms with E-state index in [0.29, 0.717) is 41.4 Å². The van der Waals surface area contributed by atoms with Gasteiger partial charge >= 0.3 is 0 Å². The van der Waals surface area contributed by atoms with Crippen molar-refractivity contribution in [2.75, 3.05) is 17.5 Å². The minimum absolute atomic E-state index is 0.187. The van der Waals surface area contributed by atoms with E-state index in [2.05, 4.69) is 21.7 Å². The molecule has 10 heteroatoms. The standard InChI is InChI=1S/C23H29N5O4S/c1-13-6-7-18(26-33(5,31)32)17(10-13)23(30)27-9-8-14(2)11-20(27)19-12-21-24-16(4)15(3)22(29)28(21)25-19/h6-7,10,12,14,20,24,26H,8-9,11H2,1-5H3/t14-,20+/m1/s1. The number of piperidine rings is 1. The fraction of sp³-hybridized carbons (Fsp3) is 0.435. The van der Waals surface area contributed by atoms with E-state index in [9.17, 15) is 18.0 Å². The van der Waals surface area contributed by atoms with E-state index in [-0.39, 0.29) is 23.2 Å². The second-order valence-corrected chi connectivity index (χ2v) is 10.9. The van der Waals surface area contributed by atoms with Gasteiger partial charge < -0.3 is 9.88 Å². The van der Waals surface area contributed by atoms with Gasteiger partial charge in [0.25, 0.3) is 11.5 Å². The van der Waals surface area contributed by atoms with Gasteiger partial charge in [0.1, 0.15) is 5.65 Å². The van der Waals surface area contributed by atoms with Crippen LogP contribution in [0.5, 0.6) is 0 Å². The molecule has 33 heavy (non-hydrogen) atoms. The number of aryl methyl sites for hydroxylation is 2. The number of sulfonamides is 1. The number of nitrogens with one attached hydrogen (secondary N) is 2.